The largest absolute Gasteiger partial charge is 0.497 e. The van der Waals surface area contributed by atoms with Gasteiger partial charge in [-0.3, -0.25) is 0 Å². The number of rotatable bonds is 6. The van der Waals surface area contributed by atoms with E-state index in [-0.39, 0.29) is 6.04 Å². The molecule has 1 unspecified atom stereocenters. The van der Waals surface area contributed by atoms with E-state index >= 15 is 0 Å². The van der Waals surface area contributed by atoms with Crippen molar-refractivity contribution in [3.8, 4) is 23.3 Å². The number of nitrogens with two attached hydrogens (primary N) is 1. The Balaban J connectivity index is 2.76. The van der Waals surface area contributed by atoms with Crippen LogP contribution in [0.4, 0.5) is 0 Å². The van der Waals surface area contributed by atoms with Crippen molar-refractivity contribution in [1.29, 1.82) is 0 Å². The standard InChI is InChI=1S/C15H21NO2/c1-4-5-6-9-18-15-8-7-14(17-3)11-13(15)10-12(2)16/h7-8,11-12H,6,9-10,16H2,1-3H3. The minimum Gasteiger partial charge on any atom is -0.497 e. The molecule has 98 valence electrons. The molecule has 0 amide bonds. The third kappa shape index (κ3) is 4.68. The van der Waals surface area contributed by atoms with Gasteiger partial charge in [-0.05, 0) is 44.0 Å². The van der Waals surface area contributed by atoms with Gasteiger partial charge in [0.15, 0.2) is 0 Å². The summed E-state index contributed by atoms with van der Waals surface area (Å²) >= 11 is 0. The van der Waals surface area contributed by atoms with Crippen molar-refractivity contribution in [2.75, 3.05) is 13.7 Å². The Morgan fingerprint density at radius 1 is 1.39 bits per heavy atom. The number of hydrogen-bond donors (Lipinski definition) is 1. The molecule has 0 radical (unpaired) electrons. The molecule has 0 saturated carbocycles. The van der Waals surface area contributed by atoms with Gasteiger partial charge in [0.05, 0.1) is 13.7 Å². The molecule has 1 aromatic rings. The highest BCUT2D eigenvalue weighted by Crippen LogP contribution is 2.25. The van der Waals surface area contributed by atoms with Crippen molar-refractivity contribution in [3.63, 3.8) is 0 Å². The fourth-order valence-corrected chi connectivity index (χ4v) is 1.67. The van der Waals surface area contributed by atoms with Crippen LogP contribution in [-0.4, -0.2) is 19.8 Å². The van der Waals surface area contributed by atoms with Gasteiger partial charge in [0.2, 0.25) is 0 Å². The molecule has 0 aromatic heterocycles. The number of methoxy groups -OCH3 is 1. The summed E-state index contributed by atoms with van der Waals surface area (Å²) in [6.07, 6.45) is 1.51. The van der Waals surface area contributed by atoms with Gasteiger partial charge in [0, 0.05) is 12.5 Å². The summed E-state index contributed by atoms with van der Waals surface area (Å²) in [4.78, 5) is 0. The number of hydrogen-bond acceptors (Lipinski definition) is 3. The first-order valence-corrected chi connectivity index (χ1v) is 6.12. The van der Waals surface area contributed by atoms with E-state index in [4.69, 9.17) is 15.2 Å². The predicted molar refractivity (Wildman–Crippen MR) is 73.9 cm³/mol. The minimum absolute atomic E-state index is 0.0925. The van der Waals surface area contributed by atoms with Crippen molar-refractivity contribution >= 4 is 0 Å². The fraction of sp³-hybridized carbons (Fsp3) is 0.467. The van der Waals surface area contributed by atoms with Crippen LogP contribution in [0.5, 0.6) is 11.5 Å². The summed E-state index contributed by atoms with van der Waals surface area (Å²) in [6.45, 7) is 4.40. The van der Waals surface area contributed by atoms with Crippen LogP contribution < -0.4 is 15.2 Å². The van der Waals surface area contributed by atoms with Crippen LogP contribution >= 0.6 is 0 Å². The second-order valence-electron chi connectivity index (χ2n) is 4.18. The third-order valence-corrected chi connectivity index (χ3v) is 2.47. The first kappa shape index (κ1) is 14.4. The highest BCUT2D eigenvalue weighted by molar-refractivity contribution is 5.40. The predicted octanol–water partition coefficient (Wildman–Crippen LogP) is 2.38. The minimum atomic E-state index is 0.0925. The lowest BCUT2D eigenvalue weighted by Crippen LogP contribution is -2.18. The Morgan fingerprint density at radius 2 is 2.17 bits per heavy atom. The second kappa shape index (κ2) is 7.62. The molecule has 3 nitrogen and oxygen atoms in total. The van der Waals surface area contributed by atoms with Gasteiger partial charge in [-0.2, -0.15) is 0 Å². The molecular formula is C15H21NO2. The van der Waals surface area contributed by atoms with Crippen molar-refractivity contribution in [2.24, 2.45) is 5.73 Å². The van der Waals surface area contributed by atoms with Crippen LogP contribution in [0.1, 0.15) is 25.8 Å². The Bertz CT molecular complexity index is 430. The summed E-state index contributed by atoms with van der Waals surface area (Å²) in [5.41, 5.74) is 6.92. The monoisotopic (exact) mass is 247 g/mol. The van der Waals surface area contributed by atoms with E-state index in [1.165, 1.54) is 0 Å². The SMILES string of the molecule is CC#CCCOc1ccc(OC)cc1CC(C)N. The van der Waals surface area contributed by atoms with E-state index in [1.54, 1.807) is 7.11 Å². The highest BCUT2D eigenvalue weighted by atomic mass is 16.5. The smallest absolute Gasteiger partial charge is 0.122 e. The molecule has 0 spiro atoms. The molecule has 0 fully saturated rings. The topological polar surface area (TPSA) is 44.5 Å². The molecule has 0 heterocycles. The van der Waals surface area contributed by atoms with Crippen LogP contribution in [0.2, 0.25) is 0 Å². The zero-order valence-corrected chi connectivity index (χ0v) is 11.3. The summed E-state index contributed by atoms with van der Waals surface area (Å²) < 4.78 is 10.9. The zero-order valence-electron chi connectivity index (χ0n) is 11.3. The van der Waals surface area contributed by atoms with E-state index in [0.29, 0.717) is 6.61 Å². The van der Waals surface area contributed by atoms with E-state index < -0.39 is 0 Å². The van der Waals surface area contributed by atoms with E-state index in [1.807, 2.05) is 32.0 Å². The van der Waals surface area contributed by atoms with Crippen LogP contribution in [0.15, 0.2) is 18.2 Å². The van der Waals surface area contributed by atoms with E-state index in [0.717, 1.165) is 29.9 Å². The van der Waals surface area contributed by atoms with Crippen LogP contribution in [0, 0.1) is 11.8 Å². The van der Waals surface area contributed by atoms with Gasteiger partial charge >= 0.3 is 0 Å². The van der Waals surface area contributed by atoms with Crippen molar-refractivity contribution in [2.45, 2.75) is 32.7 Å². The van der Waals surface area contributed by atoms with Crippen molar-refractivity contribution < 1.29 is 9.47 Å². The quantitative estimate of drug-likeness (QED) is 0.620. The molecule has 1 aromatic carbocycles. The van der Waals surface area contributed by atoms with E-state index in [2.05, 4.69) is 11.8 Å². The molecule has 1 atom stereocenters. The molecule has 0 bridgehead atoms. The first-order chi connectivity index (χ1) is 8.67. The Labute approximate surface area is 109 Å². The average molecular weight is 247 g/mol. The van der Waals surface area contributed by atoms with Crippen molar-refractivity contribution in [1.82, 2.24) is 0 Å². The summed E-state index contributed by atoms with van der Waals surface area (Å²) in [5.74, 6) is 7.52. The normalized spacial score (nSPS) is 11.3. The molecule has 0 aliphatic heterocycles. The van der Waals surface area contributed by atoms with Gasteiger partial charge in [0.1, 0.15) is 11.5 Å². The van der Waals surface area contributed by atoms with Gasteiger partial charge < -0.3 is 15.2 Å². The zero-order chi connectivity index (χ0) is 13.4. The molecule has 3 heteroatoms. The maximum absolute atomic E-state index is 5.84. The molecule has 0 saturated heterocycles. The van der Waals surface area contributed by atoms with Gasteiger partial charge in [-0.15, -0.1) is 11.8 Å². The lowest BCUT2D eigenvalue weighted by molar-refractivity contribution is 0.322. The van der Waals surface area contributed by atoms with Crippen LogP contribution in [-0.2, 0) is 6.42 Å². The fourth-order valence-electron chi connectivity index (χ4n) is 1.67. The second-order valence-corrected chi connectivity index (χ2v) is 4.18. The van der Waals surface area contributed by atoms with E-state index in [9.17, 15) is 0 Å². The maximum Gasteiger partial charge on any atom is 0.122 e. The van der Waals surface area contributed by atoms with Crippen LogP contribution in [0.3, 0.4) is 0 Å². The van der Waals surface area contributed by atoms with Crippen LogP contribution in [0.25, 0.3) is 0 Å². The molecule has 2 N–H and O–H groups in total. The molecular weight excluding hydrogens is 226 g/mol. The Kier molecular flexibility index (Phi) is 6.10. The van der Waals surface area contributed by atoms with Gasteiger partial charge in [-0.25, -0.2) is 0 Å². The summed E-state index contributed by atoms with van der Waals surface area (Å²) in [7, 11) is 1.66. The summed E-state index contributed by atoms with van der Waals surface area (Å²) in [5, 5.41) is 0. The molecule has 18 heavy (non-hydrogen) atoms. The molecule has 1 rings (SSSR count). The molecule has 0 aliphatic carbocycles. The van der Waals surface area contributed by atoms with Gasteiger partial charge in [-0.1, -0.05) is 0 Å². The first-order valence-electron chi connectivity index (χ1n) is 6.12. The van der Waals surface area contributed by atoms with Gasteiger partial charge in [0.25, 0.3) is 0 Å². The Morgan fingerprint density at radius 3 is 2.78 bits per heavy atom. The number of benzene rings is 1. The summed E-state index contributed by atoms with van der Waals surface area (Å²) in [6, 6.07) is 5.89. The molecule has 0 aliphatic rings. The Hall–Kier alpha value is -1.66. The highest BCUT2D eigenvalue weighted by Gasteiger charge is 2.08. The third-order valence-electron chi connectivity index (χ3n) is 2.47. The number of ether oxygens (including phenoxy) is 2. The van der Waals surface area contributed by atoms with Crippen molar-refractivity contribution in [3.05, 3.63) is 23.8 Å². The lowest BCUT2D eigenvalue weighted by atomic mass is 10.1. The maximum atomic E-state index is 5.84. The lowest BCUT2D eigenvalue weighted by Gasteiger charge is -2.13. The average Bonchev–Trinajstić information content (AvgIpc) is 2.35.